The summed E-state index contributed by atoms with van der Waals surface area (Å²) >= 11 is 0. The number of nitrogen functional groups attached to an aromatic ring is 1. The van der Waals surface area contributed by atoms with Gasteiger partial charge in [0.1, 0.15) is 12.4 Å². The second kappa shape index (κ2) is 4.40. The molecule has 1 aliphatic rings. The molecule has 0 saturated carbocycles. The van der Waals surface area contributed by atoms with E-state index in [0.717, 1.165) is 5.69 Å². The number of carbonyl (C=O) groups is 1. The van der Waals surface area contributed by atoms with Gasteiger partial charge >= 0.3 is 0 Å². The largest absolute Gasteiger partial charge is 0.494 e. The molecule has 0 unspecified atom stereocenters. The molecule has 1 amide bonds. The molecule has 0 spiro atoms. The van der Waals surface area contributed by atoms with Crippen LogP contribution in [0.2, 0.25) is 0 Å². The molecular formula is C11H14N2O3. The van der Waals surface area contributed by atoms with Crippen LogP contribution in [0.3, 0.4) is 0 Å². The Labute approximate surface area is 93.7 Å². The number of morpholine rings is 1. The van der Waals surface area contributed by atoms with Crippen molar-refractivity contribution >= 4 is 17.3 Å². The molecule has 1 aromatic carbocycles. The van der Waals surface area contributed by atoms with Crippen molar-refractivity contribution in [2.24, 2.45) is 0 Å². The van der Waals surface area contributed by atoms with Crippen LogP contribution in [-0.2, 0) is 9.53 Å². The molecule has 0 radical (unpaired) electrons. The van der Waals surface area contributed by atoms with Gasteiger partial charge in [-0.05, 0) is 12.1 Å². The molecule has 5 nitrogen and oxygen atoms in total. The van der Waals surface area contributed by atoms with Gasteiger partial charge in [0.2, 0.25) is 0 Å². The molecule has 1 aliphatic heterocycles. The summed E-state index contributed by atoms with van der Waals surface area (Å²) in [4.78, 5) is 13.3. The quantitative estimate of drug-likeness (QED) is 0.746. The molecule has 0 aromatic heterocycles. The van der Waals surface area contributed by atoms with E-state index in [1.165, 1.54) is 0 Å². The number of hydrogen-bond donors (Lipinski definition) is 1. The number of rotatable bonds is 2. The van der Waals surface area contributed by atoms with E-state index in [1.54, 1.807) is 30.2 Å². The van der Waals surface area contributed by atoms with Crippen LogP contribution in [0.1, 0.15) is 0 Å². The molecule has 0 atom stereocenters. The number of ether oxygens (including phenoxy) is 2. The van der Waals surface area contributed by atoms with Crippen molar-refractivity contribution in [2.75, 3.05) is 37.5 Å². The van der Waals surface area contributed by atoms with Crippen LogP contribution in [0.5, 0.6) is 5.75 Å². The van der Waals surface area contributed by atoms with Gasteiger partial charge in [-0.1, -0.05) is 0 Å². The number of hydrogen-bond acceptors (Lipinski definition) is 4. The van der Waals surface area contributed by atoms with E-state index in [-0.39, 0.29) is 12.5 Å². The zero-order chi connectivity index (χ0) is 11.5. The van der Waals surface area contributed by atoms with Crippen molar-refractivity contribution < 1.29 is 14.3 Å². The van der Waals surface area contributed by atoms with E-state index in [9.17, 15) is 4.79 Å². The Bertz CT molecular complexity index is 406. The highest BCUT2D eigenvalue weighted by atomic mass is 16.5. The standard InChI is InChI=1S/C11H14N2O3/c1-15-10-6-8(12)2-3-9(10)13-4-5-16-7-11(13)14/h2-3,6H,4-5,7,12H2,1H3. The first-order chi connectivity index (χ1) is 7.72. The molecule has 1 heterocycles. The number of carbonyl (C=O) groups excluding carboxylic acids is 1. The number of anilines is 2. The smallest absolute Gasteiger partial charge is 0.253 e. The van der Waals surface area contributed by atoms with E-state index in [4.69, 9.17) is 15.2 Å². The Morgan fingerprint density at radius 3 is 3.00 bits per heavy atom. The fourth-order valence-corrected chi connectivity index (χ4v) is 1.69. The minimum atomic E-state index is -0.0608. The highest BCUT2D eigenvalue weighted by Crippen LogP contribution is 2.30. The molecule has 16 heavy (non-hydrogen) atoms. The lowest BCUT2D eigenvalue weighted by atomic mass is 10.2. The molecule has 1 fully saturated rings. The molecular weight excluding hydrogens is 208 g/mol. The summed E-state index contributed by atoms with van der Waals surface area (Å²) in [5.41, 5.74) is 7.01. The predicted molar refractivity (Wildman–Crippen MR) is 60.6 cm³/mol. The first kappa shape index (κ1) is 10.8. The fraction of sp³-hybridized carbons (Fsp3) is 0.364. The van der Waals surface area contributed by atoms with Crippen molar-refractivity contribution in [3.63, 3.8) is 0 Å². The molecule has 2 N–H and O–H groups in total. The maximum atomic E-state index is 11.7. The summed E-state index contributed by atoms with van der Waals surface area (Å²) in [6.45, 7) is 1.20. The number of benzene rings is 1. The zero-order valence-electron chi connectivity index (χ0n) is 9.10. The number of nitrogens with zero attached hydrogens (tertiary/aromatic N) is 1. The second-order valence-electron chi connectivity index (χ2n) is 3.53. The summed E-state index contributed by atoms with van der Waals surface area (Å²) in [5, 5.41) is 0. The summed E-state index contributed by atoms with van der Waals surface area (Å²) in [5.74, 6) is 0.546. The maximum absolute atomic E-state index is 11.7. The van der Waals surface area contributed by atoms with Crippen LogP contribution in [0.15, 0.2) is 18.2 Å². The number of methoxy groups -OCH3 is 1. The van der Waals surface area contributed by atoms with Gasteiger partial charge in [-0.2, -0.15) is 0 Å². The summed E-state index contributed by atoms with van der Waals surface area (Å²) in [6.07, 6.45) is 0. The Hall–Kier alpha value is -1.75. The zero-order valence-corrected chi connectivity index (χ0v) is 9.10. The van der Waals surface area contributed by atoms with Gasteiger partial charge in [-0.3, -0.25) is 4.79 Å². The van der Waals surface area contributed by atoms with Gasteiger partial charge in [0, 0.05) is 18.3 Å². The van der Waals surface area contributed by atoms with Gasteiger partial charge in [-0.25, -0.2) is 0 Å². The van der Waals surface area contributed by atoms with E-state index < -0.39 is 0 Å². The summed E-state index contributed by atoms with van der Waals surface area (Å²) in [7, 11) is 1.56. The molecule has 86 valence electrons. The van der Waals surface area contributed by atoms with Crippen molar-refractivity contribution in [1.82, 2.24) is 0 Å². The maximum Gasteiger partial charge on any atom is 0.253 e. The first-order valence-corrected chi connectivity index (χ1v) is 5.04. The van der Waals surface area contributed by atoms with Crippen LogP contribution in [0.25, 0.3) is 0 Å². The van der Waals surface area contributed by atoms with Crippen LogP contribution in [-0.4, -0.2) is 32.8 Å². The topological polar surface area (TPSA) is 64.8 Å². The van der Waals surface area contributed by atoms with E-state index >= 15 is 0 Å². The third kappa shape index (κ3) is 1.94. The van der Waals surface area contributed by atoms with Crippen LogP contribution in [0.4, 0.5) is 11.4 Å². The van der Waals surface area contributed by atoms with Crippen molar-refractivity contribution in [3.05, 3.63) is 18.2 Å². The minimum absolute atomic E-state index is 0.0608. The van der Waals surface area contributed by atoms with Gasteiger partial charge in [0.05, 0.1) is 19.4 Å². The van der Waals surface area contributed by atoms with Gasteiger partial charge in [0.25, 0.3) is 5.91 Å². The predicted octanol–water partition coefficient (Wildman–Crippen LogP) is 0.641. The van der Waals surface area contributed by atoms with Gasteiger partial charge in [-0.15, -0.1) is 0 Å². The van der Waals surface area contributed by atoms with E-state index in [1.807, 2.05) is 0 Å². The first-order valence-electron chi connectivity index (χ1n) is 5.04. The van der Waals surface area contributed by atoms with E-state index in [0.29, 0.717) is 24.6 Å². The Morgan fingerprint density at radius 2 is 2.31 bits per heavy atom. The monoisotopic (exact) mass is 222 g/mol. The minimum Gasteiger partial charge on any atom is -0.494 e. The summed E-state index contributed by atoms with van der Waals surface area (Å²) < 4.78 is 10.3. The highest BCUT2D eigenvalue weighted by molar-refractivity contribution is 5.96. The summed E-state index contributed by atoms with van der Waals surface area (Å²) in [6, 6.07) is 5.25. The number of nitrogens with two attached hydrogens (primary N) is 1. The molecule has 0 aliphatic carbocycles. The van der Waals surface area contributed by atoms with Crippen molar-refractivity contribution in [1.29, 1.82) is 0 Å². The lowest BCUT2D eigenvalue weighted by Crippen LogP contribution is -2.41. The Balaban J connectivity index is 2.34. The van der Waals surface area contributed by atoms with Crippen molar-refractivity contribution in [3.8, 4) is 5.75 Å². The van der Waals surface area contributed by atoms with Gasteiger partial charge < -0.3 is 20.1 Å². The SMILES string of the molecule is COc1cc(N)ccc1N1CCOCC1=O. The highest BCUT2D eigenvalue weighted by Gasteiger charge is 2.22. The molecule has 5 heteroatoms. The third-order valence-electron chi connectivity index (χ3n) is 2.48. The van der Waals surface area contributed by atoms with E-state index in [2.05, 4.69) is 0 Å². The van der Waals surface area contributed by atoms with Crippen LogP contribution >= 0.6 is 0 Å². The Morgan fingerprint density at radius 1 is 1.50 bits per heavy atom. The van der Waals surface area contributed by atoms with Gasteiger partial charge in [0.15, 0.2) is 0 Å². The second-order valence-corrected chi connectivity index (χ2v) is 3.53. The Kier molecular flexibility index (Phi) is 2.96. The molecule has 0 bridgehead atoms. The fourth-order valence-electron chi connectivity index (χ4n) is 1.69. The lowest BCUT2D eigenvalue weighted by molar-refractivity contribution is -0.125. The van der Waals surface area contributed by atoms with Crippen molar-refractivity contribution in [2.45, 2.75) is 0 Å². The molecule has 1 saturated heterocycles. The lowest BCUT2D eigenvalue weighted by Gasteiger charge is -2.28. The average molecular weight is 222 g/mol. The van der Waals surface area contributed by atoms with Crippen LogP contribution in [0, 0.1) is 0 Å². The normalized spacial score (nSPS) is 16.3. The van der Waals surface area contributed by atoms with Crippen LogP contribution < -0.4 is 15.4 Å². The molecule has 1 aromatic rings. The average Bonchev–Trinajstić information content (AvgIpc) is 2.30. The molecule has 2 rings (SSSR count). The number of amides is 1. The third-order valence-corrected chi connectivity index (χ3v) is 2.48.